The zero-order valence-electron chi connectivity index (χ0n) is 13.4. The summed E-state index contributed by atoms with van der Waals surface area (Å²) < 4.78 is 0. The Morgan fingerprint density at radius 3 is 2.73 bits per heavy atom. The zero-order valence-corrected chi connectivity index (χ0v) is 14.3. The lowest BCUT2D eigenvalue weighted by Gasteiger charge is -2.12. The zero-order chi connectivity index (χ0) is 16.1. The van der Waals surface area contributed by atoms with Gasteiger partial charge in [0.25, 0.3) is 0 Å². The number of carbonyl (C=O) groups excluding carboxylic acids is 1. The van der Waals surface area contributed by atoms with Crippen LogP contribution in [0.4, 0.5) is 5.69 Å². The number of aryl methyl sites for hydroxylation is 2. The van der Waals surface area contributed by atoms with Gasteiger partial charge in [0.15, 0.2) is 0 Å². The lowest BCUT2D eigenvalue weighted by molar-refractivity contribution is -0.116. The van der Waals surface area contributed by atoms with Crippen molar-refractivity contribution in [2.45, 2.75) is 45.1 Å². The normalized spacial score (nSPS) is 12.2. The lowest BCUT2D eigenvalue weighted by atomic mass is 9.95. The van der Waals surface area contributed by atoms with E-state index in [0.717, 1.165) is 33.4 Å². The molecule has 0 aliphatic heterocycles. The van der Waals surface area contributed by atoms with Crippen molar-refractivity contribution in [1.29, 1.82) is 0 Å². The maximum Gasteiger partial charge on any atom is 0.225 e. The first kappa shape index (κ1) is 16.5. The van der Waals surface area contributed by atoms with E-state index in [-0.39, 0.29) is 11.8 Å². The molecule has 0 unspecified atom stereocenters. The summed E-state index contributed by atoms with van der Waals surface area (Å²) in [5.41, 5.74) is 3.85. The summed E-state index contributed by atoms with van der Waals surface area (Å²) >= 11 is 1.68. The first-order chi connectivity index (χ1) is 10.5. The van der Waals surface area contributed by atoms with Crippen LogP contribution in [0.5, 0.6) is 0 Å². The van der Waals surface area contributed by atoms with Crippen LogP contribution in [0.1, 0.15) is 43.1 Å². The van der Waals surface area contributed by atoms with E-state index in [1.54, 1.807) is 18.0 Å². The molecule has 0 aliphatic rings. The Balaban J connectivity index is 1.95. The minimum atomic E-state index is -0.00908. The number of amides is 1. The van der Waals surface area contributed by atoms with Gasteiger partial charge in [0.1, 0.15) is 0 Å². The van der Waals surface area contributed by atoms with Gasteiger partial charge in [-0.1, -0.05) is 13.8 Å². The maximum absolute atomic E-state index is 12.2. The van der Waals surface area contributed by atoms with Gasteiger partial charge in [-0.25, -0.2) is 4.98 Å². The monoisotopic (exact) mass is 318 g/mol. The Hall–Kier alpha value is -1.82. The molecule has 5 nitrogen and oxygen atoms in total. The second kappa shape index (κ2) is 7.45. The van der Waals surface area contributed by atoms with E-state index in [4.69, 9.17) is 0 Å². The molecule has 2 rings (SSSR count). The number of H-pyrrole nitrogens is 1. The number of rotatable bonds is 6. The fourth-order valence-corrected chi connectivity index (χ4v) is 3.15. The molecule has 2 aromatic heterocycles. The Kier molecular flexibility index (Phi) is 5.60. The van der Waals surface area contributed by atoms with E-state index in [0.29, 0.717) is 6.42 Å². The molecule has 0 spiro atoms. The van der Waals surface area contributed by atoms with E-state index < -0.39 is 0 Å². The number of pyridine rings is 1. The van der Waals surface area contributed by atoms with Gasteiger partial charge in [-0.3, -0.25) is 9.89 Å². The molecule has 2 N–H and O–H groups in total. The van der Waals surface area contributed by atoms with Crippen LogP contribution in [-0.4, -0.2) is 26.8 Å². The predicted octanol–water partition coefficient (Wildman–Crippen LogP) is 3.67. The topological polar surface area (TPSA) is 70.7 Å². The average molecular weight is 318 g/mol. The molecular formula is C16H22N4OS. The molecular weight excluding hydrogens is 296 g/mol. The van der Waals surface area contributed by atoms with E-state index in [1.807, 2.05) is 32.9 Å². The number of hydrogen-bond donors (Lipinski definition) is 2. The van der Waals surface area contributed by atoms with E-state index in [2.05, 4.69) is 27.4 Å². The van der Waals surface area contributed by atoms with Crippen molar-refractivity contribution in [3.8, 4) is 0 Å². The SMILES string of the molecule is CCSc1ccc(NC(=O)C[C@H](C)c2c(C)n[nH]c2C)cn1. The van der Waals surface area contributed by atoms with Crippen molar-refractivity contribution in [2.75, 3.05) is 11.1 Å². The highest BCUT2D eigenvalue weighted by molar-refractivity contribution is 7.99. The Morgan fingerprint density at radius 2 is 2.18 bits per heavy atom. The molecule has 22 heavy (non-hydrogen) atoms. The van der Waals surface area contributed by atoms with Crippen LogP contribution in [0.3, 0.4) is 0 Å². The third-order valence-corrected chi connectivity index (χ3v) is 4.31. The molecule has 0 aromatic carbocycles. The van der Waals surface area contributed by atoms with Crippen molar-refractivity contribution >= 4 is 23.4 Å². The summed E-state index contributed by atoms with van der Waals surface area (Å²) in [5, 5.41) is 11.0. The second-order valence-electron chi connectivity index (χ2n) is 5.32. The third kappa shape index (κ3) is 4.10. The highest BCUT2D eigenvalue weighted by Gasteiger charge is 2.17. The van der Waals surface area contributed by atoms with Crippen LogP contribution in [-0.2, 0) is 4.79 Å². The maximum atomic E-state index is 12.2. The summed E-state index contributed by atoms with van der Waals surface area (Å²) in [6.45, 7) is 8.08. The molecule has 1 amide bonds. The number of nitrogens with zero attached hydrogens (tertiary/aromatic N) is 2. The molecule has 2 aromatic rings. The molecule has 0 fully saturated rings. The van der Waals surface area contributed by atoms with E-state index in [9.17, 15) is 4.79 Å². The van der Waals surface area contributed by atoms with Gasteiger partial charge in [-0.2, -0.15) is 5.10 Å². The van der Waals surface area contributed by atoms with Crippen LogP contribution in [0.15, 0.2) is 23.4 Å². The largest absolute Gasteiger partial charge is 0.325 e. The standard InChI is InChI=1S/C16H22N4OS/c1-5-22-15-7-6-13(9-17-15)18-14(21)8-10(2)16-11(3)19-20-12(16)4/h6-7,9-10H,5,8H2,1-4H3,(H,18,21)(H,19,20)/t10-/m0/s1. The van der Waals surface area contributed by atoms with Gasteiger partial charge in [-0.15, -0.1) is 11.8 Å². The third-order valence-electron chi connectivity index (χ3n) is 3.48. The number of hydrogen-bond acceptors (Lipinski definition) is 4. The summed E-state index contributed by atoms with van der Waals surface area (Å²) in [4.78, 5) is 16.5. The van der Waals surface area contributed by atoms with Crippen LogP contribution >= 0.6 is 11.8 Å². The molecule has 0 saturated heterocycles. The molecule has 0 radical (unpaired) electrons. The first-order valence-corrected chi connectivity index (χ1v) is 8.40. The van der Waals surface area contributed by atoms with Gasteiger partial charge in [0.2, 0.25) is 5.91 Å². The number of carbonyl (C=O) groups is 1. The molecule has 118 valence electrons. The predicted molar refractivity (Wildman–Crippen MR) is 90.4 cm³/mol. The van der Waals surface area contributed by atoms with Crippen LogP contribution in [0.25, 0.3) is 0 Å². The lowest BCUT2D eigenvalue weighted by Crippen LogP contribution is -2.15. The number of thioether (sulfide) groups is 1. The van der Waals surface area contributed by atoms with Gasteiger partial charge in [0, 0.05) is 12.1 Å². The Bertz CT molecular complexity index is 617. The molecule has 2 heterocycles. The number of anilines is 1. The van der Waals surface area contributed by atoms with Crippen LogP contribution in [0, 0.1) is 13.8 Å². The molecule has 0 bridgehead atoms. The quantitative estimate of drug-likeness (QED) is 0.797. The van der Waals surface area contributed by atoms with E-state index >= 15 is 0 Å². The highest BCUT2D eigenvalue weighted by atomic mass is 32.2. The summed E-state index contributed by atoms with van der Waals surface area (Å²) in [7, 11) is 0. The van der Waals surface area contributed by atoms with Gasteiger partial charge in [0.05, 0.1) is 22.6 Å². The Morgan fingerprint density at radius 1 is 1.41 bits per heavy atom. The summed E-state index contributed by atoms with van der Waals surface area (Å²) in [5.74, 6) is 1.10. The molecule has 6 heteroatoms. The first-order valence-electron chi connectivity index (χ1n) is 7.41. The fraction of sp³-hybridized carbons (Fsp3) is 0.438. The second-order valence-corrected chi connectivity index (χ2v) is 6.60. The smallest absolute Gasteiger partial charge is 0.225 e. The van der Waals surface area contributed by atoms with Gasteiger partial charge < -0.3 is 5.32 Å². The number of nitrogens with one attached hydrogen (secondary N) is 2. The van der Waals surface area contributed by atoms with Crippen molar-refractivity contribution in [2.24, 2.45) is 0 Å². The number of aromatic amines is 1. The van der Waals surface area contributed by atoms with Crippen molar-refractivity contribution in [3.63, 3.8) is 0 Å². The minimum Gasteiger partial charge on any atom is -0.325 e. The van der Waals surface area contributed by atoms with Gasteiger partial charge in [-0.05, 0) is 43.2 Å². The molecule has 1 atom stereocenters. The Labute approximate surface area is 135 Å². The average Bonchev–Trinajstić information content (AvgIpc) is 2.80. The molecule has 0 aliphatic carbocycles. The van der Waals surface area contributed by atoms with Gasteiger partial charge >= 0.3 is 0 Å². The minimum absolute atomic E-state index is 0.00908. The van der Waals surface area contributed by atoms with E-state index in [1.165, 1.54) is 0 Å². The van der Waals surface area contributed by atoms with Crippen LogP contribution in [0.2, 0.25) is 0 Å². The molecule has 0 saturated carbocycles. The fourth-order valence-electron chi connectivity index (χ4n) is 2.57. The van der Waals surface area contributed by atoms with Crippen molar-refractivity contribution < 1.29 is 4.79 Å². The van der Waals surface area contributed by atoms with Crippen molar-refractivity contribution in [3.05, 3.63) is 35.3 Å². The summed E-state index contributed by atoms with van der Waals surface area (Å²) in [6, 6.07) is 3.82. The van der Waals surface area contributed by atoms with Crippen molar-refractivity contribution in [1.82, 2.24) is 15.2 Å². The summed E-state index contributed by atoms with van der Waals surface area (Å²) in [6.07, 6.45) is 2.13. The number of aromatic nitrogens is 3. The highest BCUT2D eigenvalue weighted by Crippen LogP contribution is 2.25. The van der Waals surface area contributed by atoms with Crippen LogP contribution < -0.4 is 5.32 Å².